The van der Waals surface area contributed by atoms with E-state index < -0.39 is 32.5 Å². The Bertz CT molecular complexity index is 1300. The topological polar surface area (TPSA) is 180 Å². The number of H-pyrrole nitrogens is 1. The lowest BCUT2D eigenvalue weighted by Gasteiger charge is -2.37. The smallest absolute Gasteiger partial charge is 0.315 e. The average molecular weight is 582 g/mol. The number of amides is 2. The first-order valence-electron chi connectivity index (χ1n) is 14.0. The van der Waals surface area contributed by atoms with E-state index in [1.807, 2.05) is 27.7 Å². The summed E-state index contributed by atoms with van der Waals surface area (Å²) in [5.41, 5.74) is 0.0230. The second kappa shape index (κ2) is 15.6. The van der Waals surface area contributed by atoms with Crippen molar-refractivity contribution >= 4 is 25.6 Å². The summed E-state index contributed by atoms with van der Waals surface area (Å²) in [6, 6.07) is 1.89. The van der Waals surface area contributed by atoms with Crippen LogP contribution in [-0.2, 0) is 13.8 Å². The molecule has 3 rings (SSSR count). The Labute approximate surface area is 238 Å². The lowest BCUT2D eigenvalue weighted by molar-refractivity contribution is -0.0451. The van der Waals surface area contributed by atoms with Crippen molar-refractivity contribution in [2.75, 3.05) is 26.8 Å². The molecule has 1 saturated heterocycles. The van der Waals surface area contributed by atoms with Crippen LogP contribution in [0.3, 0.4) is 0 Å². The van der Waals surface area contributed by atoms with Crippen LogP contribution in [-0.4, -0.2) is 88.1 Å². The van der Waals surface area contributed by atoms with Crippen LogP contribution in [0, 0.1) is 23.2 Å². The first kappa shape index (κ1) is 29.9. The van der Waals surface area contributed by atoms with Gasteiger partial charge in [-0.25, -0.2) is 19.1 Å². The molecule has 2 amide bonds. The summed E-state index contributed by atoms with van der Waals surface area (Å²) in [6.45, 7) is 8.33. The van der Waals surface area contributed by atoms with Crippen molar-refractivity contribution in [3.63, 3.8) is 0 Å². The highest BCUT2D eigenvalue weighted by Gasteiger charge is 2.42. The number of nitriles is 1. The molecule has 14 nitrogen and oxygen atoms in total. The lowest BCUT2D eigenvalue weighted by atomic mass is 10.2. The number of urea groups is 1. The van der Waals surface area contributed by atoms with Gasteiger partial charge in [-0.3, -0.25) is 4.79 Å². The summed E-state index contributed by atoms with van der Waals surface area (Å²) in [7, 11) is 1.16. The first-order chi connectivity index (χ1) is 20.2. The number of fused-ring (bicyclic) bond motifs is 1. The number of hydrogen-bond acceptors (Lipinski definition) is 10. The third-order valence-electron chi connectivity index (χ3n) is 5.77. The number of aliphatic hydroxyl groups is 1. The largest absolute Gasteiger partial charge is 0.394 e. The quantitative estimate of drug-likeness (QED) is 0.164. The van der Waals surface area contributed by atoms with Crippen LogP contribution < -0.4 is 16.2 Å². The van der Waals surface area contributed by atoms with Crippen molar-refractivity contribution in [2.45, 2.75) is 78.5 Å². The molecule has 4 N–H and O–H groups in total. The van der Waals surface area contributed by atoms with E-state index >= 15 is 0 Å². The monoisotopic (exact) mass is 581 g/mol. The molecule has 1 aliphatic rings. The van der Waals surface area contributed by atoms with Crippen LogP contribution in [0.2, 0.25) is 0 Å². The Balaban J connectivity index is 0.00000301. The Kier molecular flexibility index (Phi) is 11.7. The number of aromatic amines is 1. The van der Waals surface area contributed by atoms with E-state index in [4.69, 9.17) is 21.8 Å². The highest BCUT2D eigenvalue weighted by molar-refractivity contribution is 7.44. The molecule has 4 atom stereocenters. The van der Waals surface area contributed by atoms with Crippen molar-refractivity contribution in [1.82, 2.24) is 35.1 Å². The van der Waals surface area contributed by atoms with Gasteiger partial charge in [0, 0.05) is 26.9 Å². The summed E-state index contributed by atoms with van der Waals surface area (Å²) in [6.07, 6.45) is -0.0984. The van der Waals surface area contributed by atoms with Gasteiger partial charge in [-0.15, -0.1) is 0 Å². The molecule has 1 fully saturated rings. The molecule has 0 aromatic carbocycles. The van der Waals surface area contributed by atoms with E-state index in [0.717, 1.165) is 0 Å². The molecule has 4 unspecified atom stereocenters. The Morgan fingerprint density at radius 3 is 2.90 bits per heavy atom. The zero-order chi connectivity index (χ0) is 31.2. The summed E-state index contributed by atoms with van der Waals surface area (Å²) in [5.74, 6) is 5.61. The van der Waals surface area contributed by atoms with Crippen LogP contribution >= 0.6 is 8.53 Å². The van der Waals surface area contributed by atoms with E-state index in [2.05, 4.69) is 53.4 Å². The molecular weight excluding hydrogens is 539 g/mol. The molecule has 0 spiro atoms. The Morgan fingerprint density at radius 1 is 1.50 bits per heavy atom. The standard InChI is InChI=1S/C24H35N8O6P.CH4/c1-15(2)32(16(3)4)39(36-11-7-9-25)38-18-12-20(37-19(18)13-33)31-22-21(23(34)29-14-28-22)17(30-31)8-6-10-27-24(35)26-5;/h14-16,18-20,33H,7,10-13H2,1-5H3,(H2,26,27,35)(H,28,29,34);1H4/i33D;1T. The Hall–Kier alpha value is -3.10. The predicted octanol–water partition coefficient (Wildman–Crippen LogP) is 1.98. The maximum Gasteiger partial charge on any atom is 0.315 e. The van der Waals surface area contributed by atoms with Crippen molar-refractivity contribution in [3.05, 3.63) is 22.4 Å². The van der Waals surface area contributed by atoms with Crippen LogP contribution in [0.5, 0.6) is 0 Å². The minimum absolute atomic E-state index is 0.0441. The maximum absolute atomic E-state index is 12.7. The average Bonchev–Trinajstić information content (AvgIpc) is 3.53. The second-order valence-electron chi connectivity index (χ2n) is 9.18. The van der Waals surface area contributed by atoms with Crippen molar-refractivity contribution in [3.8, 4) is 17.9 Å². The van der Waals surface area contributed by atoms with Gasteiger partial charge in [0.1, 0.15) is 11.5 Å². The minimum Gasteiger partial charge on any atom is -0.394 e. The Morgan fingerprint density at radius 2 is 2.25 bits per heavy atom. The summed E-state index contributed by atoms with van der Waals surface area (Å²) >= 11 is 0. The number of hydrogen-bond donors (Lipinski definition) is 4. The van der Waals surface area contributed by atoms with Gasteiger partial charge in [-0.1, -0.05) is 13.3 Å². The van der Waals surface area contributed by atoms with Gasteiger partial charge < -0.3 is 34.5 Å². The number of rotatable bonds is 12. The summed E-state index contributed by atoms with van der Waals surface area (Å²) in [5, 5.41) is 23.4. The number of ether oxygens (including phenoxy) is 1. The van der Waals surface area contributed by atoms with Crippen LogP contribution in [0.4, 0.5) is 4.79 Å². The van der Waals surface area contributed by atoms with E-state index in [1.54, 1.807) is 0 Å². The van der Waals surface area contributed by atoms with E-state index in [1.165, 1.54) is 25.5 Å². The van der Waals surface area contributed by atoms with Gasteiger partial charge in [-0.05, 0) is 33.6 Å². The van der Waals surface area contributed by atoms with E-state index in [-0.39, 0.29) is 61.0 Å². The molecule has 1 aliphatic heterocycles. The van der Waals surface area contributed by atoms with Gasteiger partial charge >= 0.3 is 6.03 Å². The van der Waals surface area contributed by atoms with Crippen molar-refractivity contribution < 1.29 is 25.1 Å². The number of carbonyl (C=O) groups excluding carboxylic acids is 1. The van der Waals surface area contributed by atoms with Crippen molar-refractivity contribution in [2.24, 2.45) is 0 Å². The molecule has 3 heterocycles. The summed E-state index contributed by atoms with van der Waals surface area (Å²) in [4.78, 5) is 30.9. The minimum atomic E-state index is -1.58. The zero-order valence-electron chi connectivity index (χ0n) is 25.6. The summed E-state index contributed by atoms with van der Waals surface area (Å²) < 4.78 is 35.4. The van der Waals surface area contributed by atoms with Crippen molar-refractivity contribution in [1.29, 1.82) is 6.69 Å². The third-order valence-corrected chi connectivity index (χ3v) is 7.93. The number of aromatic nitrogens is 4. The molecule has 0 aliphatic carbocycles. The number of aliphatic hydroxyl groups excluding tert-OH is 1. The molecule has 220 valence electrons. The first-order valence-corrected chi connectivity index (χ1v) is 13.7. The molecule has 0 radical (unpaired) electrons. The zero-order valence-corrected chi connectivity index (χ0v) is 24.5. The number of nitrogens with zero attached hydrogens (tertiary/aromatic N) is 5. The third kappa shape index (κ3) is 7.98. The maximum atomic E-state index is 12.7. The van der Waals surface area contributed by atoms with Gasteiger partial charge in [0.05, 0.1) is 44.7 Å². The predicted molar refractivity (Wildman–Crippen MR) is 150 cm³/mol. The second-order valence-corrected chi connectivity index (χ2v) is 10.6. The molecule has 40 heavy (non-hydrogen) atoms. The van der Waals surface area contributed by atoms with Gasteiger partial charge in [0.25, 0.3) is 14.1 Å². The number of nitrogens with one attached hydrogen (secondary N) is 3. The van der Waals surface area contributed by atoms with Crippen LogP contribution in [0.15, 0.2) is 11.1 Å². The molecule has 0 bridgehead atoms. The van der Waals surface area contributed by atoms with E-state index in [9.17, 15) is 9.59 Å². The molecule has 2 aromatic heterocycles. The lowest BCUT2D eigenvalue weighted by Crippen LogP contribution is -2.36. The molecule has 0 saturated carbocycles. The highest BCUT2D eigenvalue weighted by Crippen LogP contribution is 2.50. The van der Waals surface area contributed by atoms with Gasteiger partial charge in [0.15, 0.2) is 17.6 Å². The fraction of sp³-hybridized carbons (Fsp3) is 0.640. The van der Waals surface area contributed by atoms with Crippen LogP contribution in [0.25, 0.3) is 11.0 Å². The SMILES string of the molecule is [2H]OCC1OC(n2nc(C#CCNC(=O)NC)c3c(=O)[nH]cnc32)CC1OP(OCCC#N)N(C(C)C)C(C)C.[3H]C. The highest BCUT2D eigenvalue weighted by atomic mass is 31.2. The molecular formula is C25H39N8O6P. The van der Waals surface area contributed by atoms with Gasteiger partial charge in [0.2, 0.25) is 1.43 Å². The van der Waals surface area contributed by atoms with Crippen LogP contribution in [0.1, 0.15) is 61.2 Å². The molecule has 15 heteroatoms. The number of carbonyl (C=O) groups is 1. The molecule has 2 aromatic rings. The fourth-order valence-electron chi connectivity index (χ4n) is 4.13. The van der Waals surface area contributed by atoms with E-state index in [0.29, 0.717) is 6.42 Å². The normalized spacial score (nSPS) is 19.8. The fourth-order valence-corrected chi connectivity index (χ4v) is 5.89. The van der Waals surface area contributed by atoms with Gasteiger partial charge in [-0.2, -0.15) is 10.4 Å².